The van der Waals surface area contributed by atoms with E-state index < -0.39 is 0 Å². The molecular weight excluding hydrogens is 354 g/mol. The van der Waals surface area contributed by atoms with Gasteiger partial charge in [-0.15, -0.1) is 0 Å². The Hall–Kier alpha value is -2.73. The summed E-state index contributed by atoms with van der Waals surface area (Å²) in [5, 5.41) is 6.27. The van der Waals surface area contributed by atoms with Crippen LogP contribution in [0.1, 0.15) is 12.0 Å². The highest BCUT2D eigenvalue weighted by molar-refractivity contribution is 6.30. The number of anilines is 1. The van der Waals surface area contributed by atoms with Gasteiger partial charge in [-0.3, -0.25) is 4.79 Å². The van der Waals surface area contributed by atoms with Gasteiger partial charge in [-0.25, -0.2) is 4.79 Å². The number of carbonyl (C=O) groups is 2. The van der Waals surface area contributed by atoms with E-state index in [2.05, 4.69) is 10.6 Å². The number of rotatable bonds is 5. The number of benzene rings is 2. The van der Waals surface area contributed by atoms with Crippen LogP contribution in [0.5, 0.6) is 5.75 Å². The number of amides is 3. The molecule has 136 valence electrons. The molecule has 26 heavy (non-hydrogen) atoms. The fourth-order valence-corrected chi connectivity index (χ4v) is 2.96. The number of nitrogens with zero attached hydrogens (tertiary/aromatic N) is 1. The number of halogens is 1. The minimum absolute atomic E-state index is 0.0206. The topological polar surface area (TPSA) is 70.7 Å². The lowest BCUT2D eigenvalue weighted by Crippen LogP contribution is -2.43. The Labute approximate surface area is 157 Å². The van der Waals surface area contributed by atoms with Crippen LogP contribution in [0.4, 0.5) is 10.5 Å². The Morgan fingerprint density at radius 2 is 1.88 bits per heavy atom. The molecule has 2 N–H and O–H groups in total. The first-order valence-corrected chi connectivity index (χ1v) is 8.66. The molecule has 1 unspecified atom stereocenters. The third-order valence-corrected chi connectivity index (χ3v) is 4.46. The number of methoxy groups -OCH3 is 1. The minimum atomic E-state index is -0.295. The molecule has 2 aromatic rings. The molecule has 0 bridgehead atoms. The maximum atomic E-state index is 12.2. The van der Waals surface area contributed by atoms with Gasteiger partial charge in [0.2, 0.25) is 5.91 Å². The summed E-state index contributed by atoms with van der Waals surface area (Å²) in [7, 11) is 1.61. The van der Waals surface area contributed by atoms with Crippen molar-refractivity contribution in [2.75, 3.05) is 18.6 Å². The third-order valence-electron chi connectivity index (χ3n) is 4.21. The molecule has 1 atom stereocenters. The van der Waals surface area contributed by atoms with Crippen molar-refractivity contribution in [2.45, 2.75) is 19.0 Å². The Morgan fingerprint density at radius 1 is 1.19 bits per heavy atom. The average molecular weight is 374 g/mol. The van der Waals surface area contributed by atoms with Crippen LogP contribution in [-0.4, -0.2) is 31.6 Å². The van der Waals surface area contributed by atoms with Crippen molar-refractivity contribution in [1.29, 1.82) is 0 Å². The standard InChI is InChI=1S/C19H20ClN3O3/c1-26-17-8-2-13(3-9-17)11-21-19(25)22-15-10-18(24)23(12-15)16-6-4-14(20)5-7-16/h2-9,15H,10-12H2,1H3,(H2,21,22,25). The van der Waals surface area contributed by atoms with Crippen LogP contribution in [0.3, 0.4) is 0 Å². The van der Waals surface area contributed by atoms with Crippen molar-refractivity contribution < 1.29 is 14.3 Å². The zero-order chi connectivity index (χ0) is 18.5. The van der Waals surface area contributed by atoms with Gasteiger partial charge in [0.1, 0.15) is 5.75 Å². The summed E-state index contributed by atoms with van der Waals surface area (Å²) in [6, 6.07) is 14.0. The van der Waals surface area contributed by atoms with Crippen molar-refractivity contribution >= 4 is 29.2 Å². The van der Waals surface area contributed by atoms with Gasteiger partial charge in [0.15, 0.2) is 0 Å². The van der Waals surface area contributed by atoms with Gasteiger partial charge in [-0.1, -0.05) is 23.7 Å². The second-order valence-electron chi connectivity index (χ2n) is 6.06. The molecule has 1 heterocycles. The van der Waals surface area contributed by atoms with Crippen molar-refractivity contribution in [2.24, 2.45) is 0 Å². The van der Waals surface area contributed by atoms with Crippen molar-refractivity contribution in [3.05, 3.63) is 59.1 Å². The first-order valence-electron chi connectivity index (χ1n) is 8.28. The summed E-state index contributed by atoms with van der Waals surface area (Å²) in [6.45, 7) is 0.841. The molecule has 1 fully saturated rings. The first kappa shape index (κ1) is 18.1. The van der Waals surface area contributed by atoms with Crippen LogP contribution in [0.15, 0.2) is 48.5 Å². The highest BCUT2D eigenvalue weighted by atomic mass is 35.5. The lowest BCUT2D eigenvalue weighted by atomic mass is 10.2. The molecule has 3 rings (SSSR count). The van der Waals surface area contributed by atoms with E-state index >= 15 is 0 Å². The molecule has 3 amide bonds. The van der Waals surface area contributed by atoms with E-state index in [9.17, 15) is 9.59 Å². The SMILES string of the molecule is COc1ccc(CNC(=O)NC2CC(=O)N(c3ccc(Cl)cc3)C2)cc1. The van der Waals surface area contributed by atoms with Gasteiger partial charge in [-0.05, 0) is 42.0 Å². The smallest absolute Gasteiger partial charge is 0.315 e. The van der Waals surface area contributed by atoms with E-state index in [1.807, 2.05) is 24.3 Å². The molecule has 0 radical (unpaired) electrons. The maximum absolute atomic E-state index is 12.2. The molecule has 6 nitrogen and oxygen atoms in total. The summed E-state index contributed by atoms with van der Waals surface area (Å²) >= 11 is 5.88. The quantitative estimate of drug-likeness (QED) is 0.846. The molecule has 7 heteroatoms. The Bertz CT molecular complexity index is 778. The second-order valence-corrected chi connectivity index (χ2v) is 6.49. The summed E-state index contributed by atoms with van der Waals surface area (Å²) in [5.74, 6) is 0.748. The molecule has 2 aromatic carbocycles. The Kier molecular flexibility index (Phi) is 5.63. The highest BCUT2D eigenvalue weighted by Crippen LogP contribution is 2.23. The molecule has 1 aliphatic rings. The first-order chi connectivity index (χ1) is 12.5. The maximum Gasteiger partial charge on any atom is 0.315 e. The molecule has 0 spiro atoms. The van der Waals surface area contributed by atoms with Crippen molar-refractivity contribution in [1.82, 2.24) is 10.6 Å². The fourth-order valence-electron chi connectivity index (χ4n) is 2.84. The highest BCUT2D eigenvalue weighted by Gasteiger charge is 2.31. The lowest BCUT2D eigenvalue weighted by molar-refractivity contribution is -0.117. The minimum Gasteiger partial charge on any atom is -0.497 e. The van der Waals surface area contributed by atoms with E-state index in [0.717, 1.165) is 17.0 Å². The summed E-state index contributed by atoms with van der Waals surface area (Å²) in [6.07, 6.45) is 0.276. The van der Waals surface area contributed by atoms with Crippen LogP contribution in [0.2, 0.25) is 5.02 Å². The van der Waals surface area contributed by atoms with E-state index in [4.69, 9.17) is 16.3 Å². The normalized spacial score (nSPS) is 16.5. The van der Waals surface area contributed by atoms with Gasteiger partial charge in [0.05, 0.1) is 13.2 Å². The van der Waals surface area contributed by atoms with Crippen LogP contribution in [0.25, 0.3) is 0 Å². The van der Waals surface area contributed by atoms with E-state index in [1.165, 1.54) is 0 Å². The number of urea groups is 1. The Balaban J connectivity index is 1.50. The van der Waals surface area contributed by atoms with E-state index in [-0.39, 0.29) is 24.4 Å². The number of hydrogen-bond donors (Lipinski definition) is 2. The molecule has 0 saturated carbocycles. The second kappa shape index (κ2) is 8.10. The molecule has 0 aliphatic carbocycles. The fraction of sp³-hybridized carbons (Fsp3) is 0.263. The summed E-state index contributed by atoms with van der Waals surface area (Å²) in [5.41, 5.74) is 1.74. The van der Waals surface area contributed by atoms with Crippen LogP contribution < -0.4 is 20.3 Å². The Morgan fingerprint density at radius 3 is 2.54 bits per heavy atom. The third kappa shape index (κ3) is 4.46. The number of ether oxygens (including phenoxy) is 1. The summed E-state index contributed by atoms with van der Waals surface area (Å²) < 4.78 is 5.10. The largest absolute Gasteiger partial charge is 0.497 e. The molecule has 1 aliphatic heterocycles. The van der Waals surface area contributed by atoms with Gasteiger partial charge in [0, 0.05) is 30.2 Å². The van der Waals surface area contributed by atoms with Crippen LogP contribution >= 0.6 is 11.6 Å². The number of hydrogen-bond acceptors (Lipinski definition) is 3. The molecule has 0 aromatic heterocycles. The van der Waals surface area contributed by atoms with Crippen LogP contribution in [0, 0.1) is 0 Å². The van der Waals surface area contributed by atoms with Crippen LogP contribution in [-0.2, 0) is 11.3 Å². The number of nitrogens with one attached hydrogen (secondary N) is 2. The van der Waals surface area contributed by atoms with Crippen molar-refractivity contribution in [3.8, 4) is 5.75 Å². The zero-order valence-electron chi connectivity index (χ0n) is 14.4. The lowest BCUT2D eigenvalue weighted by Gasteiger charge is -2.17. The predicted molar refractivity (Wildman–Crippen MR) is 101 cm³/mol. The monoisotopic (exact) mass is 373 g/mol. The summed E-state index contributed by atoms with van der Waals surface area (Å²) in [4.78, 5) is 26.0. The van der Waals surface area contributed by atoms with Gasteiger partial charge < -0.3 is 20.3 Å². The predicted octanol–water partition coefficient (Wildman–Crippen LogP) is 2.95. The van der Waals surface area contributed by atoms with Gasteiger partial charge in [-0.2, -0.15) is 0 Å². The van der Waals surface area contributed by atoms with E-state index in [1.54, 1.807) is 36.3 Å². The number of carbonyl (C=O) groups excluding carboxylic acids is 2. The molecule has 1 saturated heterocycles. The zero-order valence-corrected chi connectivity index (χ0v) is 15.1. The molecular formula is C19H20ClN3O3. The van der Waals surface area contributed by atoms with Gasteiger partial charge >= 0.3 is 6.03 Å². The van der Waals surface area contributed by atoms with Crippen molar-refractivity contribution in [3.63, 3.8) is 0 Å². The average Bonchev–Trinajstić information content (AvgIpc) is 3.01. The van der Waals surface area contributed by atoms with Gasteiger partial charge in [0.25, 0.3) is 0 Å². The van der Waals surface area contributed by atoms with E-state index in [0.29, 0.717) is 18.1 Å².